The van der Waals surface area contributed by atoms with Gasteiger partial charge in [-0.15, -0.1) is 11.3 Å². The third-order valence-corrected chi connectivity index (χ3v) is 6.78. The van der Waals surface area contributed by atoms with Crippen molar-refractivity contribution >= 4 is 28.3 Å². The number of ether oxygens (including phenoxy) is 1. The summed E-state index contributed by atoms with van der Waals surface area (Å²) in [5.74, 6) is 0.514. The summed E-state index contributed by atoms with van der Waals surface area (Å²) in [6, 6.07) is 0. The number of aryl methyl sites for hydroxylation is 1. The van der Waals surface area contributed by atoms with E-state index >= 15 is 0 Å². The molecule has 0 saturated carbocycles. The second-order valence-electron chi connectivity index (χ2n) is 7.24. The standard InChI is InChI=1S/C18H26N4O3S/c1-13(23)20-4-6-22(7-5-20)18-19-15-3-2-14(12-16(15)26-18)17(24)21-8-10-25-11-9-21/h14H,2-12H2,1H3/t14-/m1/s1. The normalized spacial score (nSPS) is 23.7. The molecule has 1 aromatic rings. The first-order valence-corrected chi connectivity index (χ1v) is 10.3. The Morgan fingerprint density at radius 1 is 1.08 bits per heavy atom. The minimum absolute atomic E-state index is 0.0865. The van der Waals surface area contributed by atoms with Crippen LogP contribution >= 0.6 is 11.3 Å². The van der Waals surface area contributed by atoms with Gasteiger partial charge in [0.2, 0.25) is 11.8 Å². The number of piperazine rings is 1. The Labute approximate surface area is 157 Å². The van der Waals surface area contributed by atoms with E-state index in [-0.39, 0.29) is 17.7 Å². The first-order chi connectivity index (χ1) is 12.6. The maximum atomic E-state index is 12.8. The van der Waals surface area contributed by atoms with Crippen LogP contribution in [0.15, 0.2) is 0 Å². The minimum Gasteiger partial charge on any atom is -0.378 e. The van der Waals surface area contributed by atoms with Gasteiger partial charge in [0.05, 0.1) is 18.9 Å². The van der Waals surface area contributed by atoms with Crippen LogP contribution in [0.4, 0.5) is 5.13 Å². The Bertz CT molecular complexity index is 678. The number of hydrogen-bond acceptors (Lipinski definition) is 6. The third-order valence-electron chi connectivity index (χ3n) is 5.60. The first kappa shape index (κ1) is 17.7. The molecule has 1 aliphatic carbocycles. The van der Waals surface area contributed by atoms with E-state index < -0.39 is 0 Å². The Kier molecular flexibility index (Phi) is 5.13. The van der Waals surface area contributed by atoms with Gasteiger partial charge >= 0.3 is 0 Å². The molecule has 3 heterocycles. The highest BCUT2D eigenvalue weighted by Crippen LogP contribution is 2.35. The summed E-state index contributed by atoms with van der Waals surface area (Å²) < 4.78 is 5.35. The van der Waals surface area contributed by atoms with Crippen molar-refractivity contribution in [2.75, 3.05) is 57.4 Å². The molecule has 1 atom stereocenters. The van der Waals surface area contributed by atoms with E-state index in [9.17, 15) is 9.59 Å². The third kappa shape index (κ3) is 3.57. The van der Waals surface area contributed by atoms with E-state index in [1.165, 1.54) is 10.6 Å². The Hall–Kier alpha value is -1.67. The number of nitrogens with zero attached hydrogens (tertiary/aromatic N) is 4. The van der Waals surface area contributed by atoms with Crippen LogP contribution in [0.1, 0.15) is 23.9 Å². The molecular weight excluding hydrogens is 352 g/mol. The number of carbonyl (C=O) groups excluding carboxylic acids is 2. The molecule has 2 amide bonds. The summed E-state index contributed by atoms with van der Waals surface area (Å²) in [6.45, 7) is 7.57. The number of carbonyl (C=O) groups is 2. The summed E-state index contributed by atoms with van der Waals surface area (Å²) in [6.07, 6.45) is 2.60. The Morgan fingerprint density at radius 2 is 1.81 bits per heavy atom. The van der Waals surface area contributed by atoms with E-state index in [0.29, 0.717) is 13.2 Å². The lowest BCUT2D eigenvalue weighted by Crippen LogP contribution is -2.48. The lowest BCUT2D eigenvalue weighted by Gasteiger charge is -2.33. The second kappa shape index (κ2) is 7.52. The van der Waals surface area contributed by atoms with Crippen LogP contribution in [-0.2, 0) is 27.2 Å². The lowest BCUT2D eigenvalue weighted by atomic mass is 9.90. The fourth-order valence-corrected chi connectivity index (χ4v) is 5.20. The van der Waals surface area contributed by atoms with Crippen molar-refractivity contribution in [3.63, 3.8) is 0 Å². The van der Waals surface area contributed by atoms with E-state index in [1.54, 1.807) is 18.3 Å². The molecule has 3 aliphatic rings. The van der Waals surface area contributed by atoms with E-state index in [0.717, 1.165) is 63.7 Å². The molecule has 1 aromatic heterocycles. The summed E-state index contributed by atoms with van der Waals surface area (Å²) in [4.78, 5) is 36.5. The molecular formula is C18H26N4O3S. The number of amides is 2. The van der Waals surface area contributed by atoms with Gasteiger partial charge in [0.15, 0.2) is 5.13 Å². The molecule has 26 heavy (non-hydrogen) atoms. The van der Waals surface area contributed by atoms with Crippen molar-refractivity contribution in [2.45, 2.75) is 26.2 Å². The quantitative estimate of drug-likeness (QED) is 0.761. The van der Waals surface area contributed by atoms with Crippen LogP contribution < -0.4 is 4.90 Å². The van der Waals surface area contributed by atoms with Gasteiger partial charge in [-0.2, -0.15) is 0 Å². The van der Waals surface area contributed by atoms with Crippen LogP contribution in [0, 0.1) is 5.92 Å². The van der Waals surface area contributed by atoms with Crippen molar-refractivity contribution in [1.82, 2.24) is 14.8 Å². The van der Waals surface area contributed by atoms with Gasteiger partial charge in [0, 0.05) is 57.0 Å². The summed E-state index contributed by atoms with van der Waals surface area (Å²) in [5, 5.41) is 1.05. The number of anilines is 1. The van der Waals surface area contributed by atoms with Crippen molar-refractivity contribution in [3.8, 4) is 0 Å². The summed E-state index contributed by atoms with van der Waals surface area (Å²) in [5.41, 5.74) is 1.17. The molecule has 0 bridgehead atoms. The van der Waals surface area contributed by atoms with E-state index in [1.807, 2.05) is 9.80 Å². The van der Waals surface area contributed by atoms with Crippen molar-refractivity contribution < 1.29 is 14.3 Å². The fourth-order valence-electron chi connectivity index (χ4n) is 3.96. The van der Waals surface area contributed by atoms with Gasteiger partial charge in [0.25, 0.3) is 0 Å². The predicted octanol–water partition coefficient (Wildman–Crippen LogP) is 0.775. The van der Waals surface area contributed by atoms with Crippen molar-refractivity contribution in [3.05, 3.63) is 10.6 Å². The zero-order valence-corrected chi connectivity index (χ0v) is 16.1. The van der Waals surface area contributed by atoms with Crippen LogP contribution in [0.5, 0.6) is 0 Å². The van der Waals surface area contributed by atoms with Crippen molar-refractivity contribution in [2.24, 2.45) is 5.92 Å². The average molecular weight is 378 g/mol. The lowest BCUT2D eigenvalue weighted by molar-refractivity contribution is -0.140. The maximum absolute atomic E-state index is 12.8. The van der Waals surface area contributed by atoms with Gasteiger partial charge in [-0.05, 0) is 19.3 Å². The molecule has 2 saturated heterocycles. The molecule has 0 spiro atoms. The number of rotatable bonds is 2. The molecule has 4 rings (SSSR count). The summed E-state index contributed by atoms with van der Waals surface area (Å²) >= 11 is 1.74. The SMILES string of the molecule is CC(=O)N1CCN(c2nc3c(s2)C[C@H](C(=O)N2CCOCC2)CC3)CC1. The van der Waals surface area contributed by atoms with E-state index in [4.69, 9.17) is 9.72 Å². The Morgan fingerprint density at radius 3 is 2.50 bits per heavy atom. The number of hydrogen-bond donors (Lipinski definition) is 0. The molecule has 8 heteroatoms. The molecule has 0 radical (unpaired) electrons. The highest BCUT2D eigenvalue weighted by molar-refractivity contribution is 7.15. The van der Waals surface area contributed by atoms with E-state index in [2.05, 4.69) is 4.90 Å². The fraction of sp³-hybridized carbons (Fsp3) is 0.722. The molecule has 0 aromatic carbocycles. The predicted molar refractivity (Wildman–Crippen MR) is 99.5 cm³/mol. The monoisotopic (exact) mass is 378 g/mol. The first-order valence-electron chi connectivity index (χ1n) is 9.47. The van der Waals surface area contributed by atoms with Gasteiger partial charge in [-0.3, -0.25) is 9.59 Å². The molecule has 7 nitrogen and oxygen atoms in total. The zero-order chi connectivity index (χ0) is 18.1. The number of morpholine rings is 1. The largest absolute Gasteiger partial charge is 0.378 e. The maximum Gasteiger partial charge on any atom is 0.226 e. The average Bonchev–Trinajstić information content (AvgIpc) is 3.11. The second-order valence-corrected chi connectivity index (χ2v) is 8.30. The molecule has 0 unspecified atom stereocenters. The highest BCUT2D eigenvalue weighted by Gasteiger charge is 2.32. The molecule has 0 N–H and O–H groups in total. The zero-order valence-electron chi connectivity index (χ0n) is 15.3. The van der Waals surface area contributed by atoms with Gasteiger partial charge in [-0.1, -0.05) is 0 Å². The number of fused-ring (bicyclic) bond motifs is 1. The minimum atomic E-state index is 0.0865. The number of aromatic nitrogens is 1. The molecule has 2 fully saturated rings. The topological polar surface area (TPSA) is 66.0 Å². The molecule has 2 aliphatic heterocycles. The van der Waals surface area contributed by atoms with Crippen LogP contribution in [0.3, 0.4) is 0 Å². The van der Waals surface area contributed by atoms with Crippen LogP contribution in [0.25, 0.3) is 0 Å². The van der Waals surface area contributed by atoms with Gasteiger partial charge in [0.1, 0.15) is 0 Å². The van der Waals surface area contributed by atoms with Crippen LogP contribution in [-0.4, -0.2) is 79.1 Å². The van der Waals surface area contributed by atoms with Crippen LogP contribution in [0.2, 0.25) is 0 Å². The van der Waals surface area contributed by atoms with Crippen molar-refractivity contribution in [1.29, 1.82) is 0 Å². The summed E-state index contributed by atoms with van der Waals surface area (Å²) in [7, 11) is 0. The molecule has 142 valence electrons. The van der Waals surface area contributed by atoms with Gasteiger partial charge < -0.3 is 19.4 Å². The Balaban J connectivity index is 1.39. The number of thiazole rings is 1. The smallest absolute Gasteiger partial charge is 0.226 e. The highest BCUT2D eigenvalue weighted by atomic mass is 32.1. The van der Waals surface area contributed by atoms with Gasteiger partial charge in [-0.25, -0.2) is 4.98 Å².